The summed E-state index contributed by atoms with van der Waals surface area (Å²) in [4.78, 5) is 12.1. The van der Waals surface area contributed by atoms with E-state index in [9.17, 15) is 0 Å². The maximum absolute atomic E-state index is 8.50. The van der Waals surface area contributed by atoms with Crippen LogP contribution in [0.1, 0.15) is 0 Å². The van der Waals surface area contributed by atoms with Gasteiger partial charge in [-0.3, -0.25) is 0 Å². The van der Waals surface area contributed by atoms with Crippen molar-refractivity contribution in [2.24, 2.45) is 7.05 Å². The molecule has 0 aliphatic heterocycles. The molecule has 0 saturated heterocycles. The molecule has 2 rings (SSSR count). The van der Waals surface area contributed by atoms with Gasteiger partial charge in [0.25, 0.3) is 0 Å². The molecule has 5 nitrogen and oxygen atoms in total. The molecule has 13 heavy (non-hydrogen) atoms. The number of thioether (sulfide) groups is 1. The molecule has 2 aromatic heterocycles. The number of hydrogen-bond donors (Lipinski definition) is 0. The second-order valence-electron chi connectivity index (χ2n) is 2.40. The fourth-order valence-electron chi connectivity index (χ4n) is 1.04. The van der Waals surface area contributed by atoms with Crippen LogP contribution in [0.15, 0.2) is 17.7 Å². The van der Waals surface area contributed by atoms with Gasteiger partial charge >= 0.3 is 0 Å². The first-order chi connectivity index (χ1) is 6.33. The lowest BCUT2D eigenvalue weighted by Crippen LogP contribution is -1.89. The van der Waals surface area contributed by atoms with Crippen molar-refractivity contribution in [3.8, 4) is 5.40 Å². The van der Waals surface area contributed by atoms with Gasteiger partial charge < -0.3 is 4.57 Å². The smallest absolute Gasteiger partial charge is 0.164 e. The number of imidazole rings is 1. The second-order valence-corrected chi connectivity index (χ2v) is 3.17. The van der Waals surface area contributed by atoms with Gasteiger partial charge in [-0.05, 0) is 0 Å². The maximum Gasteiger partial charge on any atom is 0.164 e. The Labute approximate surface area is 78.4 Å². The van der Waals surface area contributed by atoms with Crippen LogP contribution in [-0.2, 0) is 7.05 Å². The molecule has 0 amide bonds. The van der Waals surface area contributed by atoms with E-state index in [0.29, 0.717) is 10.5 Å². The molecule has 0 N–H and O–H groups in total. The highest BCUT2D eigenvalue weighted by molar-refractivity contribution is 8.03. The molecule has 2 heterocycles. The number of hydrogen-bond acceptors (Lipinski definition) is 5. The molecule has 0 spiro atoms. The summed E-state index contributed by atoms with van der Waals surface area (Å²) in [6.07, 6.45) is 3.09. The molecule has 64 valence electrons. The van der Waals surface area contributed by atoms with E-state index >= 15 is 0 Å². The molecule has 2 aromatic rings. The minimum Gasteiger partial charge on any atom is -0.318 e. The Balaban J connectivity index is 2.71. The largest absolute Gasteiger partial charge is 0.318 e. The van der Waals surface area contributed by atoms with Gasteiger partial charge in [-0.15, -0.1) is 0 Å². The van der Waals surface area contributed by atoms with Gasteiger partial charge in [0.05, 0.1) is 6.33 Å². The Morgan fingerprint density at radius 1 is 1.46 bits per heavy atom. The third kappa shape index (κ3) is 1.23. The molecule has 0 bridgehead atoms. The molecular formula is C7H5N5S. The zero-order chi connectivity index (χ0) is 9.26. The molecule has 0 aliphatic carbocycles. The SMILES string of the molecule is Cn1cnc2c(SC#N)ncnc21. The van der Waals surface area contributed by atoms with Crippen LogP contribution in [0.5, 0.6) is 0 Å². The van der Waals surface area contributed by atoms with Crippen molar-refractivity contribution in [3.05, 3.63) is 12.7 Å². The number of fused-ring (bicyclic) bond motifs is 1. The van der Waals surface area contributed by atoms with Crippen molar-refractivity contribution in [2.75, 3.05) is 0 Å². The summed E-state index contributed by atoms with van der Waals surface area (Å²) < 4.78 is 1.79. The van der Waals surface area contributed by atoms with E-state index in [4.69, 9.17) is 5.26 Å². The molecule has 0 fully saturated rings. The van der Waals surface area contributed by atoms with Gasteiger partial charge in [0.15, 0.2) is 5.65 Å². The van der Waals surface area contributed by atoms with Crippen LogP contribution in [0.25, 0.3) is 11.2 Å². The fraction of sp³-hybridized carbons (Fsp3) is 0.143. The molecule has 0 radical (unpaired) electrons. The number of aromatic nitrogens is 4. The highest BCUT2D eigenvalue weighted by Gasteiger charge is 2.07. The van der Waals surface area contributed by atoms with Gasteiger partial charge in [-0.25, -0.2) is 15.0 Å². The van der Waals surface area contributed by atoms with E-state index < -0.39 is 0 Å². The first-order valence-electron chi connectivity index (χ1n) is 3.51. The topological polar surface area (TPSA) is 67.4 Å². The van der Waals surface area contributed by atoms with E-state index in [1.807, 2.05) is 12.4 Å². The lowest BCUT2D eigenvalue weighted by Gasteiger charge is -1.94. The van der Waals surface area contributed by atoms with E-state index in [-0.39, 0.29) is 0 Å². The number of nitrogens with zero attached hydrogens (tertiary/aromatic N) is 5. The van der Waals surface area contributed by atoms with Crippen LogP contribution in [0.4, 0.5) is 0 Å². The highest BCUT2D eigenvalue weighted by atomic mass is 32.2. The van der Waals surface area contributed by atoms with E-state index in [2.05, 4.69) is 15.0 Å². The maximum atomic E-state index is 8.50. The summed E-state index contributed by atoms with van der Waals surface area (Å²) >= 11 is 0.997. The average molecular weight is 191 g/mol. The Bertz CT molecular complexity index is 483. The van der Waals surface area contributed by atoms with Gasteiger partial charge in [-0.2, -0.15) is 5.26 Å². The predicted octanol–water partition coefficient (Wildman–Crippen LogP) is 0.936. The summed E-state index contributed by atoms with van der Waals surface area (Å²) in [5, 5.41) is 11.1. The van der Waals surface area contributed by atoms with Gasteiger partial charge in [0.2, 0.25) is 0 Å². The molecule has 0 saturated carbocycles. The van der Waals surface area contributed by atoms with Crippen molar-refractivity contribution in [3.63, 3.8) is 0 Å². The Hall–Kier alpha value is -1.61. The van der Waals surface area contributed by atoms with Crippen molar-refractivity contribution in [2.45, 2.75) is 5.03 Å². The molecule has 6 heteroatoms. The summed E-state index contributed by atoms with van der Waals surface area (Å²) in [6.45, 7) is 0. The van der Waals surface area contributed by atoms with Crippen LogP contribution < -0.4 is 0 Å². The third-order valence-corrected chi connectivity index (χ3v) is 2.19. The van der Waals surface area contributed by atoms with Crippen LogP contribution in [0.3, 0.4) is 0 Å². The lowest BCUT2D eigenvalue weighted by molar-refractivity contribution is 0.925. The zero-order valence-corrected chi connectivity index (χ0v) is 7.62. The number of aryl methyl sites for hydroxylation is 1. The third-order valence-electron chi connectivity index (χ3n) is 1.61. The number of nitriles is 1. The van der Waals surface area contributed by atoms with E-state index in [0.717, 1.165) is 17.4 Å². The minimum absolute atomic E-state index is 0.605. The normalized spacial score (nSPS) is 10.2. The van der Waals surface area contributed by atoms with E-state index in [1.54, 1.807) is 10.9 Å². The second kappa shape index (κ2) is 3.03. The Morgan fingerprint density at radius 3 is 3.08 bits per heavy atom. The molecular weight excluding hydrogens is 186 g/mol. The van der Waals surface area contributed by atoms with Crippen molar-refractivity contribution in [1.29, 1.82) is 5.26 Å². The summed E-state index contributed by atoms with van der Waals surface area (Å²) in [5.74, 6) is 0. The van der Waals surface area contributed by atoms with E-state index in [1.165, 1.54) is 6.33 Å². The van der Waals surface area contributed by atoms with Crippen molar-refractivity contribution in [1.82, 2.24) is 19.5 Å². The Kier molecular flexibility index (Phi) is 1.87. The number of rotatable bonds is 1. The standard InChI is InChI=1S/C7H5N5S/c1-12-4-11-5-6(12)9-3-10-7(5)13-2-8/h3-4H,1H3. The zero-order valence-electron chi connectivity index (χ0n) is 6.80. The number of thiocyanates is 1. The van der Waals surface area contributed by atoms with Gasteiger partial charge in [-0.1, -0.05) is 0 Å². The first-order valence-corrected chi connectivity index (χ1v) is 4.32. The van der Waals surface area contributed by atoms with Crippen LogP contribution in [-0.4, -0.2) is 19.5 Å². The first kappa shape index (κ1) is 8.01. The van der Waals surface area contributed by atoms with Crippen LogP contribution in [0, 0.1) is 10.7 Å². The highest BCUT2D eigenvalue weighted by Crippen LogP contribution is 2.21. The van der Waals surface area contributed by atoms with Crippen molar-refractivity contribution < 1.29 is 0 Å². The Morgan fingerprint density at radius 2 is 2.31 bits per heavy atom. The monoisotopic (exact) mass is 191 g/mol. The fourth-order valence-corrected chi connectivity index (χ4v) is 1.47. The quantitative estimate of drug-likeness (QED) is 0.381. The average Bonchev–Trinajstić information content (AvgIpc) is 2.50. The molecule has 0 aliphatic rings. The van der Waals surface area contributed by atoms with Crippen LogP contribution >= 0.6 is 11.8 Å². The van der Waals surface area contributed by atoms with Gasteiger partial charge in [0, 0.05) is 18.8 Å². The summed E-state index contributed by atoms with van der Waals surface area (Å²) in [5.41, 5.74) is 1.42. The molecule has 0 atom stereocenters. The summed E-state index contributed by atoms with van der Waals surface area (Å²) in [6, 6.07) is 0. The lowest BCUT2D eigenvalue weighted by atomic mass is 10.5. The minimum atomic E-state index is 0.605. The van der Waals surface area contributed by atoms with Gasteiger partial charge in [0.1, 0.15) is 22.3 Å². The summed E-state index contributed by atoms with van der Waals surface area (Å²) in [7, 11) is 1.85. The molecule has 0 unspecified atom stereocenters. The van der Waals surface area contributed by atoms with Crippen molar-refractivity contribution >= 4 is 22.9 Å². The molecule has 0 aromatic carbocycles. The van der Waals surface area contributed by atoms with Crippen LogP contribution in [0.2, 0.25) is 0 Å². The predicted molar refractivity (Wildman–Crippen MR) is 47.8 cm³/mol.